The summed E-state index contributed by atoms with van der Waals surface area (Å²) in [6.45, 7) is 4.88. The van der Waals surface area contributed by atoms with E-state index < -0.39 is 12.0 Å². The van der Waals surface area contributed by atoms with Crippen molar-refractivity contribution in [3.8, 4) is 0 Å². The van der Waals surface area contributed by atoms with Gasteiger partial charge in [0.15, 0.2) is 0 Å². The molecule has 0 bridgehead atoms. The molecule has 114 valence electrons. The summed E-state index contributed by atoms with van der Waals surface area (Å²) in [5.41, 5.74) is 0. The highest BCUT2D eigenvalue weighted by molar-refractivity contribution is 5.83. The zero-order valence-electron chi connectivity index (χ0n) is 12.1. The zero-order valence-corrected chi connectivity index (χ0v) is 12.1. The maximum Gasteiger partial charge on any atom is 0.326 e. The van der Waals surface area contributed by atoms with Crippen LogP contribution in [0, 0.1) is 17.8 Å². The Kier molecular flexibility index (Phi) is 4.52. The van der Waals surface area contributed by atoms with Gasteiger partial charge in [0.2, 0.25) is 0 Å². The van der Waals surface area contributed by atoms with Crippen molar-refractivity contribution >= 4 is 12.0 Å². The first-order valence-corrected chi connectivity index (χ1v) is 7.40. The molecule has 1 saturated carbocycles. The number of carbonyl (C=O) groups excluding carboxylic acids is 1. The third-order valence-electron chi connectivity index (χ3n) is 4.86. The minimum atomic E-state index is -0.993. The number of nitrogens with zero attached hydrogens (tertiary/aromatic N) is 1. The molecule has 6 nitrogen and oxygen atoms in total. The Morgan fingerprint density at radius 3 is 2.60 bits per heavy atom. The summed E-state index contributed by atoms with van der Waals surface area (Å²) >= 11 is 0. The van der Waals surface area contributed by atoms with Gasteiger partial charge in [-0.15, -0.1) is 0 Å². The lowest BCUT2D eigenvalue weighted by Crippen LogP contribution is -2.50. The topological polar surface area (TPSA) is 89.9 Å². The van der Waals surface area contributed by atoms with E-state index >= 15 is 0 Å². The molecule has 1 heterocycles. The molecular weight excluding hydrogens is 260 g/mol. The van der Waals surface area contributed by atoms with Crippen LogP contribution < -0.4 is 5.32 Å². The zero-order chi connectivity index (χ0) is 14.9. The average molecular weight is 284 g/mol. The number of likely N-dealkylation sites (tertiary alicyclic amines) is 1. The smallest absolute Gasteiger partial charge is 0.326 e. The second-order valence-electron chi connectivity index (χ2n) is 6.12. The second kappa shape index (κ2) is 5.99. The van der Waals surface area contributed by atoms with Crippen LogP contribution in [-0.2, 0) is 4.79 Å². The fourth-order valence-corrected chi connectivity index (χ4v) is 3.31. The van der Waals surface area contributed by atoms with Gasteiger partial charge in [-0.1, -0.05) is 20.3 Å². The highest BCUT2D eigenvalue weighted by Crippen LogP contribution is 2.38. The molecule has 2 aliphatic rings. The molecule has 0 aromatic heterocycles. The summed E-state index contributed by atoms with van der Waals surface area (Å²) in [5.74, 6) is -0.577. The molecule has 1 saturated heterocycles. The number of rotatable bonds is 4. The van der Waals surface area contributed by atoms with Crippen molar-refractivity contribution in [2.75, 3.05) is 13.1 Å². The van der Waals surface area contributed by atoms with Crippen molar-refractivity contribution in [2.24, 2.45) is 17.8 Å². The quantitative estimate of drug-likeness (QED) is 0.715. The third-order valence-corrected chi connectivity index (χ3v) is 4.86. The first kappa shape index (κ1) is 15.1. The molecule has 0 aromatic rings. The van der Waals surface area contributed by atoms with Gasteiger partial charge in [-0.05, 0) is 24.7 Å². The van der Waals surface area contributed by atoms with E-state index in [1.807, 2.05) is 13.8 Å². The summed E-state index contributed by atoms with van der Waals surface area (Å²) in [6.07, 6.45) is 2.14. The van der Waals surface area contributed by atoms with Gasteiger partial charge in [0.1, 0.15) is 6.04 Å². The van der Waals surface area contributed by atoms with Crippen LogP contribution in [0.3, 0.4) is 0 Å². The van der Waals surface area contributed by atoms with E-state index in [4.69, 9.17) is 0 Å². The van der Waals surface area contributed by atoms with Gasteiger partial charge in [0.05, 0.1) is 6.10 Å². The molecule has 2 amide bonds. The first-order chi connectivity index (χ1) is 9.43. The summed E-state index contributed by atoms with van der Waals surface area (Å²) < 4.78 is 0. The van der Waals surface area contributed by atoms with Gasteiger partial charge in [-0.25, -0.2) is 9.59 Å². The standard InChI is InChI=1S/C14H24N2O4/c1-3-8(2)12(13(18)19)15-14(20)16-6-9-4-5-11(17)10(9)7-16/h8-12,17H,3-7H2,1-2H3,(H,15,20)(H,18,19). The number of aliphatic carboxylic acids is 1. The van der Waals surface area contributed by atoms with Crippen molar-refractivity contribution < 1.29 is 19.8 Å². The van der Waals surface area contributed by atoms with Crippen LogP contribution in [0.4, 0.5) is 4.79 Å². The van der Waals surface area contributed by atoms with Crippen molar-refractivity contribution in [3.63, 3.8) is 0 Å². The number of amides is 2. The lowest BCUT2D eigenvalue weighted by Gasteiger charge is -2.25. The Labute approximate surface area is 119 Å². The van der Waals surface area contributed by atoms with Gasteiger partial charge in [-0.2, -0.15) is 0 Å². The van der Waals surface area contributed by atoms with Crippen molar-refractivity contribution in [2.45, 2.75) is 45.3 Å². The highest BCUT2D eigenvalue weighted by atomic mass is 16.4. The van der Waals surface area contributed by atoms with Crippen LogP contribution in [-0.4, -0.2) is 52.3 Å². The Balaban J connectivity index is 1.93. The number of carbonyl (C=O) groups is 2. The van der Waals surface area contributed by atoms with Gasteiger partial charge in [0, 0.05) is 19.0 Å². The summed E-state index contributed by atoms with van der Waals surface area (Å²) in [5, 5.41) is 21.7. The molecule has 1 aliphatic carbocycles. The van der Waals surface area contributed by atoms with E-state index in [1.54, 1.807) is 4.90 Å². The van der Waals surface area contributed by atoms with Gasteiger partial charge >= 0.3 is 12.0 Å². The van der Waals surface area contributed by atoms with Crippen LogP contribution in [0.15, 0.2) is 0 Å². The van der Waals surface area contributed by atoms with Gasteiger partial charge < -0.3 is 20.4 Å². The van der Waals surface area contributed by atoms with Crippen LogP contribution >= 0.6 is 0 Å². The lowest BCUT2D eigenvalue weighted by atomic mass is 9.99. The van der Waals surface area contributed by atoms with Gasteiger partial charge in [-0.3, -0.25) is 0 Å². The van der Waals surface area contributed by atoms with Crippen molar-refractivity contribution in [1.29, 1.82) is 0 Å². The number of hydrogen-bond donors (Lipinski definition) is 3. The lowest BCUT2D eigenvalue weighted by molar-refractivity contribution is -0.140. The first-order valence-electron chi connectivity index (χ1n) is 7.40. The Hall–Kier alpha value is -1.30. The van der Waals surface area contributed by atoms with Crippen molar-refractivity contribution in [3.05, 3.63) is 0 Å². The van der Waals surface area contributed by atoms with Crippen LogP contribution in [0.1, 0.15) is 33.1 Å². The normalized spacial score (nSPS) is 31.8. The number of carboxylic acid groups (broad SMARTS) is 1. The molecule has 5 atom stereocenters. The fraction of sp³-hybridized carbons (Fsp3) is 0.857. The number of hydrogen-bond acceptors (Lipinski definition) is 3. The number of urea groups is 1. The molecule has 6 heteroatoms. The molecule has 20 heavy (non-hydrogen) atoms. The van der Waals surface area contributed by atoms with E-state index in [0.717, 1.165) is 12.8 Å². The minimum absolute atomic E-state index is 0.107. The highest BCUT2D eigenvalue weighted by Gasteiger charge is 2.43. The fourth-order valence-electron chi connectivity index (χ4n) is 3.31. The average Bonchev–Trinajstić information content (AvgIpc) is 2.97. The van der Waals surface area contributed by atoms with Crippen molar-refractivity contribution in [1.82, 2.24) is 10.2 Å². The van der Waals surface area contributed by atoms with E-state index in [2.05, 4.69) is 5.32 Å². The number of nitrogens with one attached hydrogen (secondary N) is 1. The van der Waals surface area contributed by atoms with Crippen LogP contribution in [0.5, 0.6) is 0 Å². The monoisotopic (exact) mass is 284 g/mol. The molecule has 2 rings (SSSR count). The second-order valence-corrected chi connectivity index (χ2v) is 6.12. The summed E-state index contributed by atoms with van der Waals surface area (Å²) in [7, 11) is 0. The maximum atomic E-state index is 12.2. The van der Waals surface area contributed by atoms with E-state index in [0.29, 0.717) is 25.4 Å². The molecule has 0 spiro atoms. The molecule has 0 radical (unpaired) electrons. The number of aliphatic hydroxyl groups is 1. The summed E-state index contributed by atoms with van der Waals surface area (Å²) in [4.78, 5) is 25.1. The van der Waals surface area contributed by atoms with E-state index in [1.165, 1.54) is 0 Å². The summed E-state index contributed by atoms with van der Waals surface area (Å²) in [6, 6.07) is -1.17. The number of carboxylic acids is 1. The minimum Gasteiger partial charge on any atom is -0.480 e. The Morgan fingerprint density at radius 1 is 1.35 bits per heavy atom. The Bertz CT molecular complexity index is 387. The molecular formula is C14H24N2O4. The molecule has 3 N–H and O–H groups in total. The molecule has 5 unspecified atom stereocenters. The van der Waals surface area contributed by atoms with Crippen LogP contribution in [0.25, 0.3) is 0 Å². The molecule has 0 aromatic carbocycles. The Morgan fingerprint density at radius 2 is 2.05 bits per heavy atom. The number of aliphatic hydroxyl groups excluding tert-OH is 1. The predicted molar refractivity (Wildman–Crippen MR) is 73.2 cm³/mol. The number of fused-ring (bicyclic) bond motifs is 1. The van der Waals surface area contributed by atoms with Crippen LogP contribution in [0.2, 0.25) is 0 Å². The predicted octanol–water partition coefficient (Wildman–Crippen LogP) is 0.898. The van der Waals surface area contributed by atoms with Gasteiger partial charge in [0.25, 0.3) is 0 Å². The van der Waals surface area contributed by atoms with E-state index in [-0.39, 0.29) is 24.0 Å². The maximum absolute atomic E-state index is 12.2. The molecule has 1 aliphatic heterocycles. The third kappa shape index (κ3) is 2.90. The SMILES string of the molecule is CCC(C)C(NC(=O)N1CC2CCC(O)C2C1)C(=O)O. The largest absolute Gasteiger partial charge is 0.480 e. The van der Waals surface area contributed by atoms with E-state index in [9.17, 15) is 19.8 Å². The molecule has 2 fully saturated rings.